The van der Waals surface area contributed by atoms with E-state index >= 15 is 0 Å². The number of furan rings is 1. The molecule has 2 heterocycles. The van der Waals surface area contributed by atoms with E-state index in [4.69, 9.17) is 4.42 Å². The van der Waals surface area contributed by atoms with Crippen molar-refractivity contribution < 1.29 is 9.21 Å². The molecule has 122 valence electrons. The van der Waals surface area contributed by atoms with Gasteiger partial charge in [-0.1, -0.05) is 6.92 Å². The standard InChI is InChI=1S/C15H19N3O2.2ClH/c1-3-16-8-9-17-15(19)12-6-7-13(18-11(12)2)14-5-4-10-20-14;;/h4-7,10,16H,3,8-9H2,1-2H3,(H,17,19);2*1H. The maximum atomic E-state index is 12.0. The van der Waals surface area contributed by atoms with Gasteiger partial charge in [0.15, 0.2) is 5.76 Å². The monoisotopic (exact) mass is 345 g/mol. The summed E-state index contributed by atoms with van der Waals surface area (Å²) >= 11 is 0. The van der Waals surface area contributed by atoms with E-state index in [1.165, 1.54) is 0 Å². The first-order valence-corrected chi connectivity index (χ1v) is 6.72. The molecule has 0 aliphatic rings. The molecule has 0 fully saturated rings. The Balaban J connectivity index is 0.00000220. The minimum Gasteiger partial charge on any atom is -0.463 e. The first-order valence-electron chi connectivity index (χ1n) is 6.72. The van der Waals surface area contributed by atoms with Gasteiger partial charge in [0.1, 0.15) is 5.69 Å². The molecule has 0 aliphatic carbocycles. The highest BCUT2D eigenvalue weighted by Crippen LogP contribution is 2.19. The van der Waals surface area contributed by atoms with Crippen molar-refractivity contribution >= 4 is 30.7 Å². The van der Waals surface area contributed by atoms with E-state index in [1.807, 2.05) is 26.0 Å². The molecule has 0 atom stereocenters. The van der Waals surface area contributed by atoms with Crippen molar-refractivity contribution in [2.24, 2.45) is 0 Å². The van der Waals surface area contributed by atoms with Crippen molar-refractivity contribution in [3.63, 3.8) is 0 Å². The first-order chi connectivity index (χ1) is 9.72. The Kier molecular flexibility index (Phi) is 9.49. The predicted molar refractivity (Wildman–Crippen MR) is 92.0 cm³/mol. The van der Waals surface area contributed by atoms with Crippen LogP contribution in [0.15, 0.2) is 34.9 Å². The number of pyridine rings is 1. The maximum Gasteiger partial charge on any atom is 0.253 e. The van der Waals surface area contributed by atoms with Crippen LogP contribution in [0.3, 0.4) is 0 Å². The number of aryl methyl sites for hydroxylation is 1. The Morgan fingerprint density at radius 2 is 2.00 bits per heavy atom. The average molecular weight is 346 g/mol. The fourth-order valence-corrected chi connectivity index (χ4v) is 1.90. The minimum absolute atomic E-state index is 0. The largest absolute Gasteiger partial charge is 0.463 e. The third-order valence-corrected chi connectivity index (χ3v) is 2.94. The Morgan fingerprint density at radius 3 is 2.59 bits per heavy atom. The van der Waals surface area contributed by atoms with Crippen molar-refractivity contribution in [3.8, 4) is 11.5 Å². The number of carbonyl (C=O) groups is 1. The number of nitrogens with one attached hydrogen (secondary N) is 2. The van der Waals surface area contributed by atoms with Crippen molar-refractivity contribution in [2.45, 2.75) is 13.8 Å². The third-order valence-electron chi connectivity index (χ3n) is 2.94. The normalized spacial score (nSPS) is 9.55. The Hall–Kier alpha value is -1.56. The number of aromatic nitrogens is 1. The lowest BCUT2D eigenvalue weighted by Gasteiger charge is -2.08. The van der Waals surface area contributed by atoms with Gasteiger partial charge in [0.2, 0.25) is 0 Å². The summed E-state index contributed by atoms with van der Waals surface area (Å²) in [5.41, 5.74) is 2.02. The third kappa shape index (κ3) is 5.33. The number of carbonyl (C=O) groups excluding carboxylic acids is 1. The number of halogens is 2. The molecule has 2 aromatic rings. The van der Waals surface area contributed by atoms with E-state index in [2.05, 4.69) is 15.6 Å². The van der Waals surface area contributed by atoms with E-state index in [-0.39, 0.29) is 30.7 Å². The van der Waals surface area contributed by atoms with Crippen LogP contribution in [0.2, 0.25) is 0 Å². The number of rotatable bonds is 6. The number of hydrogen-bond donors (Lipinski definition) is 2. The molecule has 0 bridgehead atoms. The number of amides is 1. The number of nitrogens with zero attached hydrogens (tertiary/aromatic N) is 1. The highest BCUT2D eigenvalue weighted by molar-refractivity contribution is 5.95. The zero-order valence-corrected chi connectivity index (χ0v) is 14.2. The smallest absolute Gasteiger partial charge is 0.253 e. The summed E-state index contributed by atoms with van der Waals surface area (Å²) in [6, 6.07) is 7.24. The molecule has 2 rings (SSSR count). The van der Waals surface area contributed by atoms with Crippen LogP contribution >= 0.6 is 24.8 Å². The molecule has 1 amide bonds. The van der Waals surface area contributed by atoms with E-state index < -0.39 is 0 Å². The summed E-state index contributed by atoms with van der Waals surface area (Å²) in [6.07, 6.45) is 1.60. The lowest BCUT2D eigenvalue weighted by atomic mass is 10.1. The fourth-order valence-electron chi connectivity index (χ4n) is 1.90. The molecular formula is C15H21Cl2N3O2. The van der Waals surface area contributed by atoms with Crippen LogP contribution in [-0.2, 0) is 0 Å². The van der Waals surface area contributed by atoms with Crippen molar-refractivity contribution in [2.75, 3.05) is 19.6 Å². The molecule has 0 unspecified atom stereocenters. The highest BCUT2D eigenvalue weighted by atomic mass is 35.5. The fraction of sp³-hybridized carbons (Fsp3) is 0.333. The molecule has 0 saturated carbocycles. The highest BCUT2D eigenvalue weighted by Gasteiger charge is 2.11. The molecule has 0 saturated heterocycles. The second kappa shape index (κ2) is 10.2. The van der Waals surface area contributed by atoms with E-state index in [9.17, 15) is 4.79 Å². The Morgan fingerprint density at radius 1 is 1.23 bits per heavy atom. The van der Waals surface area contributed by atoms with Crippen molar-refractivity contribution in [1.82, 2.24) is 15.6 Å². The van der Waals surface area contributed by atoms with Gasteiger partial charge in [0, 0.05) is 13.1 Å². The number of likely N-dealkylation sites (N-methyl/N-ethyl adjacent to an activating group) is 1. The SMILES string of the molecule is CCNCCNC(=O)c1ccc(-c2ccco2)nc1C.Cl.Cl. The molecule has 0 spiro atoms. The molecule has 2 aromatic heterocycles. The van der Waals surface area contributed by atoms with Gasteiger partial charge < -0.3 is 15.1 Å². The molecule has 5 nitrogen and oxygen atoms in total. The molecule has 2 N–H and O–H groups in total. The van der Waals surface area contributed by atoms with Crippen molar-refractivity contribution in [1.29, 1.82) is 0 Å². The van der Waals surface area contributed by atoms with Crippen LogP contribution in [0.1, 0.15) is 23.0 Å². The lowest BCUT2D eigenvalue weighted by molar-refractivity contribution is 0.0953. The first kappa shape index (κ1) is 20.4. The Labute approximate surface area is 142 Å². The second-order valence-corrected chi connectivity index (χ2v) is 4.42. The molecule has 0 radical (unpaired) electrons. The number of hydrogen-bond acceptors (Lipinski definition) is 4. The molecule has 0 aliphatic heterocycles. The summed E-state index contributed by atoms with van der Waals surface area (Å²) in [6.45, 7) is 6.12. The van der Waals surface area contributed by atoms with Crippen LogP contribution in [-0.4, -0.2) is 30.5 Å². The van der Waals surface area contributed by atoms with Gasteiger partial charge in [-0.15, -0.1) is 24.8 Å². The van der Waals surface area contributed by atoms with E-state index in [1.54, 1.807) is 18.4 Å². The van der Waals surface area contributed by atoms with Gasteiger partial charge in [-0.3, -0.25) is 4.79 Å². The maximum absolute atomic E-state index is 12.0. The quantitative estimate of drug-likeness (QED) is 0.790. The zero-order chi connectivity index (χ0) is 14.4. The van der Waals surface area contributed by atoms with Crippen LogP contribution in [0.4, 0.5) is 0 Å². The van der Waals surface area contributed by atoms with Gasteiger partial charge in [-0.2, -0.15) is 0 Å². The lowest BCUT2D eigenvalue weighted by Crippen LogP contribution is -2.32. The summed E-state index contributed by atoms with van der Waals surface area (Å²) < 4.78 is 5.30. The van der Waals surface area contributed by atoms with Crippen LogP contribution in [0.25, 0.3) is 11.5 Å². The topological polar surface area (TPSA) is 67.2 Å². The molecule has 7 heteroatoms. The predicted octanol–water partition coefficient (Wildman–Crippen LogP) is 2.83. The van der Waals surface area contributed by atoms with E-state index in [0.29, 0.717) is 23.6 Å². The second-order valence-electron chi connectivity index (χ2n) is 4.42. The average Bonchev–Trinajstić information content (AvgIpc) is 2.97. The van der Waals surface area contributed by atoms with Gasteiger partial charge >= 0.3 is 0 Å². The Bertz CT molecular complexity index is 574. The zero-order valence-electron chi connectivity index (χ0n) is 12.6. The summed E-state index contributed by atoms with van der Waals surface area (Å²) in [7, 11) is 0. The van der Waals surface area contributed by atoms with Gasteiger partial charge in [0.05, 0.1) is 17.5 Å². The van der Waals surface area contributed by atoms with Crippen LogP contribution in [0, 0.1) is 6.92 Å². The van der Waals surface area contributed by atoms with Crippen molar-refractivity contribution in [3.05, 3.63) is 41.8 Å². The summed E-state index contributed by atoms with van der Waals surface area (Å²) in [5, 5.41) is 6.02. The van der Waals surface area contributed by atoms with Gasteiger partial charge in [-0.05, 0) is 37.7 Å². The molecular weight excluding hydrogens is 325 g/mol. The van der Waals surface area contributed by atoms with E-state index in [0.717, 1.165) is 18.8 Å². The van der Waals surface area contributed by atoms with Gasteiger partial charge in [0.25, 0.3) is 5.91 Å². The minimum atomic E-state index is -0.0982. The molecule has 0 aromatic carbocycles. The van der Waals surface area contributed by atoms with Crippen LogP contribution in [0.5, 0.6) is 0 Å². The summed E-state index contributed by atoms with van der Waals surface area (Å²) in [4.78, 5) is 16.4. The molecule has 22 heavy (non-hydrogen) atoms. The van der Waals surface area contributed by atoms with Crippen LogP contribution < -0.4 is 10.6 Å². The summed E-state index contributed by atoms with van der Waals surface area (Å²) in [5.74, 6) is 0.603. The van der Waals surface area contributed by atoms with Gasteiger partial charge in [-0.25, -0.2) is 4.98 Å².